The van der Waals surface area contributed by atoms with Crippen molar-refractivity contribution < 1.29 is 0 Å². The van der Waals surface area contributed by atoms with Crippen molar-refractivity contribution >= 4 is 22.9 Å². The van der Waals surface area contributed by atoms with Gasteiger partial charge in [0.25, 0.3) is 0 Å². The van der Waals surface area contributed by atoms with Gasteiger partial charge in [0.1, 0.15) is 0 Å². The van der Waals surface area contributed by atoms with E-state index >= 15 is 0 Å². The molecule has 1 fully saturated rings. The first kappa shape index (κ1) is 8.70. The molecule has 0 saturated carbocycles. The van der Waals surface area contributed by atoms with Crippen molar-refractivity contribution in [2.45, 2.75) is 0 Å². The molecule has 1 aliphatic rings. The van der Waals surface area contributed by atoms with E-state index in [-0.39, 0.29) is 0 Å². The number of rotatable bonds is 2. The van der Waals surface area contributed by atoms with E-state index in [0.717, 1.165) is 6.67 Å². The van der Waals surface area contributed by atoms with Crippen molar-refractivity contribution in [3.8, 4) is 0 Å². The van der Waals surface area contributed by atoms with Crippen LogP contribution < -0.4 is 3.53 Å². The molecular weight excluding hydrogens is 241 g/mol. The van der Waals surface area contributed by atoms with Gasteiger partial charge in [0.15, 0.2) is 0 Å². The highest BCUT2D eigenvalue weighted by molar-refractivity contribution is 14.1. The summed E-state index contributed by atoms with van der Waals surface area (Å²) < 4.78 is 3.13. The summed E-state index contributed by atoms with van der Waals surface area (Å²) in [5, 5.41) is 0. The molecule has 1 rings (SSSR count). The fourth-order valence-corrected chi connectivity index (χ4v) is 1.57. The average molecular weight is 255 g/mol. The molecule has 0 amide bonds. The van der Waals surface area contributed by atoms with Crippen LogP contribution in [0.2, 0.25) is 0 Å². The molecule has 1 aliphatic heterocycles. The summed E-state index contributed by atoms with van der Waals surface area (Å²) in [6.07, 6.45) is 0. The average Bonchev–Trinajstić information content (AvgIpc) is 1.95. The van der Waals surface area contributed by atoms with Gasteiger partial charge in [0.2, 0.25) is 0 Å². The van der Waals surface area contributed by atoms with Crippen LogP contribution in [-0.2, 0) is 0 Å². The predicted molar refractivity (Wildman–Crippen MR) is 51.1 cm³/mol. The third kappa shape index (κ3) is 2.69. The van der Waals surface area contributed by atoms with Crippen LogP contribution in [0.1, 0.15) is 0 Å². The van der Waals surface area contributed by atoms with Gasteiger partial charge in [-0.3, -0.25) is 4.90 Å². The molecule has 1 heterocycles. The van der Waals surface area contributed by atoms with Gasteiger partial charge in [-0.05, 0) is 7.05 Å². The zero-order chi connectivity index (χ0) is 7.40. The summed E-state index contributed by atoms with van der Waals surface area (Å²) in [5.74, 6) is 0. The monoisotopic (exact) mass is 255 g/mol. The highest BCUT2D eigenvalue weighted by atomic mass is 127. The fourth-order valence-electron chi connectivity index (χ4n) is 1.09. The van der Waals surface area contributed by atoms with E-state index in [4.69, 9.17) is 0 Å². The summed E-state index contributed by atoms with van der Waals surface area (Å²) in [6, 6.07) is 0. The molecule has 1 saturated heterocycles. The van der Waals surface area contributed by atoms with Crippen LogP contribution >= 0.6 is 22.9 Å². The van der Waals surface area contributed by atoms with E-state index in [1.807, 2.05) is 0 Å². The summed E-state index contributed by atoms with van der Waals surface area (Å²) in [5.41, 5.74) is 0. The molecule has 4 heteroatoms. The van der Waals surface area contributed by atoms with E-state index in [9.17, 15) is 0 Å². The fraction of sp³-hybridized carbons (Fsp3) is 1.00. The minimum Gasteiger partial charge on any atom is -0.304 e. The topological polar surface area (TPSA) is 18.5 Å². The van der Waals surface area contributed by atoms with Gasteiger partial charge in [-0.25, -0.2) is 3.53 Å². The van der Waals surface area contributed by atoms with Crippen LogP contribution in [0.25, 0.3) is 0 Å². The third-order valence-electron chi connectivity index (χ3n) is 1.88. The Morgan fingerprint density at radius 1 is 1.30 bits per heavy atom. The minimum absolute atomic E-state index is 1.02. The highest BCUT2D eigenvalue weighted by Gasteiger charge is 2.11. The Bertz CT molecular complexity index is 91.0. The van der Waals surface area contributed by atoms with E-state index in [0.29, 0.717) is 0 Å². The van der Waals surface area contributed by atoms with Crippen LogP contribution in [0.4, 0.5) is 0 Å². The van der Waals surface area contributed by atoms with Crippen molar-refractivity contribution in [3.63, 3.8) is 0 Å². The highest BCUT2D eigenvalue weighted by Crippen LogP contribution is 1.96. The first-order valence-electron chi connectivity index (χ1n) is 3.57. The smallest absolute Gasteiger partial charge is 0.0570 e. The van der Waals surface area contributed by atoms with Crippen molar-refractivity contribution in [1.29, 1.82) is 0 Å². The molecule has 10 heavy (non-hydrogen) atoms. The lowest BCUT2D eigenvalue weighted by Gasteiger charge is -2.31. The summed E-state index contributed by atoms with van der Waals surface area (Å²) in [7, 11) is 2.18. The molecular formula is C6H14IN3. The molecule has 0 atom stereocenters. The summed E-state index contributed by atoms with van der Waals surface area (Å²) in [6.45, 7) is 5.84. The molecule has 0 radical (unpaired) electrons. The standard InChI is InChI=1S/C6H14IN3/c1-9-2-4-10(5-3-9)6-8-7/h8H,2-6H2,1H3. The van der Waals surface area contributed by atoms with Crippen LogP contribution in [0.5, 0.6) is 0 Å². The quantitative estimate of drug-likeness (QED) is 0.559. The lowest BCUT2D eigenvalue weighted by atomic mass is 10.3. The Kier molecular flexibility index (Phi) is 3.90. The van der Waals surface area contributed by atoms with E-state index < -0.39 is 0 Å². The van der Waals surface area contributed by atoms with Gasteiger partial charge >= 0.3 is 0 Å². The van der Waals surface area contributed by atoms with Gasteiger partial charge in [0, 0.05) is 49.0 Å². The predicted octanol–water partition coefficient (Wildman–Crippen LogP) is 0.131. The minimum atomic E-state index is 1.02. The SMILES string of the molecule is CN1CCN(CNI)CC1. The van der Waals surface area contributed by atoms with Crippen LogP contribution in [0, 0.1) is 0 Å². The first-order valence-corrected chi connectivity index (χ1v) is 4.65. The maximum Gasteiger partial charge on any atom is 0.0570 e. The lowest BCUT2D eigenvalue weighted by Crippen LogP contribution is -2.46. The molecule has 1 N–H and O–H groups in total. The molecule has 0 spiro atoms. The zero-order valence-corrected chi connectivity index (χ0v) is 8.47. The number of hydrogen-bond donors (Lipinski definition) is 1. The van der Waals surface area contributed by atoms with E-state index in [1.54, 1.807) is 0 Å². The Hall–Kier alpha value is 0.610. The second kappa shape index (κ2) is 4.48. The Morgan fingerprint density at radius 3 is 2.40 bits per heavy atom. The van der Waals surface area contributed by atoms with E-state index in [2.05, 4.69) is 43.2 Å². The molecule has 0 aromatic rings. The van der Waals surface area contributed by atoms with Crippen LogP contribution in [-0.4, -0.2) is 49.7 Å². The van der Waals surface area contributed by atoms with Gasteiger partial charge in [0.05, 0.1) is 6.67 Å². The number of hydrogen-bond acceptors (Lipinski definition) is 3. The number of halogens is 1. The van der Waals surface area contributed by atoms with Crippen LogP contribution in [0.15, 0.2) is 0 Å². The van der Waals surface area contributed by atoms with Gasteiger partial charge in [-0.15, -0.1) is 0 Å². The van der Waals surface area contributed by atoms with Gasteiger partial charge in [-0.1, -0.05) is 0 Å². The molecule has 0 bridgehead atoms. The van der Waals surface area contributed by atoms with E-state index in [1.165, 1.54) is 26.2 Å². The van der Waals surface area contributed by atoms with Crippen LogP contribution in [0.3, 0.4) is 0 Å². The van der Waals surface area contributed by atoms with Crippen molar-refractivity contribution in [2.75, 3.05) is 39.9 Å². The lowest BCUT2D eigenvalue weighted by molar-refractivity contribution is 0.155. The maximum absolute atomic E-state index is 3.13. The normalized spacial score (nSPS) is 23.4. The molecule has 0 aliphatic carbocycles. The second-order valence-electron chi connectivity index (χ2n) is 2.71. The first-order chi connectivity index (χ1) is 4.83. The van der Waals surface area contributed by atoms with Crippen molar-refractivity contribution in [2.24, 2.45) is 0 Å². The third-order valence-corrected chi connectivity index (χ3v) is 2.22. The molecule has 60 valence electrons. The summed E-state index contributed by atoms with van der Waals surface area (Å²) in [4.78, 5) is 4.79. The summed E-state index contributed by atoms with van der Waals surface area (Å²) >= 11 is 2.19. The number of nitrogens with zero attached hydrogens (tertiary/aromatic N) is 2. The van der Waals surface area contributed by atoms with Crippen molar-refractivity contribution in [1.82, 2.24) is 13.3 Å². The Labute approximate surface area is 76.2 Å². The Balaban J connectivity index is 2.13. The number of likely N-dealkylation sites (N-methyl/N-ethyl adjacent to an activating group) is 1. The maximum atomic E-state index is 3.13. The molecule has 3 nitrogen and oxygen atoms in total. The van der Waals surface area contributed by atoms with Crippen molar-refractivity contribution in [3.05, 3.63) is 0 Å². The molecule has 0 aromatic carbocycles. The Morgan fingerprint density at radius 2 is 1.90 bits per heavy atom. The van der Waals surface area contributed by atoms with Gasteiger partial charge < -0.3 is 4.90 Å². The number of piperazine rings is 1. The molecule has 0 unspecified atom stereocenters. The molecule has 0 aromatic heterocycles. The zero-order valence-electron chi connectivity index (χ0n) is 6.31. The largest absolute Gasteiger partial charge is 0.304 e. The second-order valence-corrected chi connectivity index (χ2v) is 3.48. The van der Waals surface area contributed by atoms with Gasteiger partial charge in [-0.2, -0.15) is 0 Å². The number of nitrogens with one attached hydrogen (secondary N) is 1.